The standard InChI is InChI=1S/C14H27NO4PS2/c1-10(2)15(11(3)4)20(18-7-8-22-13(6)16)19-12(5)9-14(17)21/h10-12H,5,7-9H2,1-4,6H3,(H,17,21). The molecule has 0 N–H and O–H groups in total. The van der Waals surface area contributed by atoms with Gasteiger partial charge in [-0.05, 0) is 34.6 Å². The van der Waals surface area contributed by atoms with Crippen LogP contribution >= 0.6 is 32.9 Å². The van der Waals surface area contributed by atoms with Gasteiger partial charge in [-0.25, -0.2) is 4.67 Å². The molecule has 0 aromatic heterocycles. The molecule has 0 amide bonds. The van der Waals surface area contributed by atoms with Crippen LogP contribution in [0.5, 0.6) is 0 Å². The first-order valence-corrected chi connectivity index (χ1v) is 9.77. The summed E-state index contributed by atoms with van der Waals surface area (Å²) in [5, 5.41) is -0.197. The quantitative estimate of drug-likeness (QED) is 0.341. The minimum absolute atomic E-state index is 0.0640. The third kappa shape index (κ3) is 10.2. The van der Waals surface area contributed by atoms with E-state index < -0.39 is 14.6 Å². The van der Waals surface area contributed by atoms with E-state index in [0.29, 0.717) is 12.4 Å². The molecule has 22 heavy (non-hydrogen) atoms. The van der Waals surface area contributed by atoms with Crippen molar-refractivity contribution in [3.8, 4) is 0 Å². The Bertz CT molecular complexity index is 348. The average molecular weight is 368 g/mol. The Hall–Kier alpha value is 0.350. The summed E-state index contributed by atoms with van der Waals surface area (Å²) < 4.78 is 13.8. The van der Waals surface area contributed by atoms with Gasteiger partial charge in [0.1, 0.15) is 0 Å². The maximum atomic E-state index is 11.1. The molecule has 0 aliphatic carbocycles. The molecule has 5 nitrogen and oxygen atoms in total. The van der Waals surface area contributed by atoms with E-state index in [-0.39, 0.29) is 28.7 Å². The van der Waals surface area contributed by atoms with E-state index in [2.05, 4.69) is 51.9 Å². The molecule has 8 heteroatoms. The van der Waals surface area contributed by atoms with Gasteiger partial charge >= 0.3 is 0 Å². The van der Waals surface area contributed by atoms with Gasteiger partial charge in [0, 0.05) is 31.2 Å². The average Bonchev–Trinajstić information content (AvgIpc) is 2.31. The topological polar surface area (TPSA) is 55.8 Å². The van der Waals surface area contributed by atoms with E-state index >= 15 is 0 Å². The second kappa shape index (κ2) is 11.8. The molecule has 0 heterocycles. The van der Waals surface area contributed by atoms with Gasteiger partial charge in [-0.15, -0.1) is 12.6 Å². The zero-order chi connectivity index (χ0) is 17.3. The first-order chi connectivity index (χ1) is 10.1. The van der Waals surface area contributed by atoms with Gasteiger partial charge < -0.3 is 9.05 Å². The molecule has 0 spiro atoms. The van der Waals surface area contributed by atoms with E-state index in [4.69, 9.17) is 9.05 Å². The van der Waals surface area contributed by atoms with Crippen LogP contribution in [0.1, 0.15) is 41.0 Å². The summed E-state index contributed by atoms with van der Waals surface area (Å²) in [6, 6.07) is 0.455. The highest BCUT2D eigenvalue weighted by Crippen LogP contribution is 2.47. The fourth-order valence-corrected chi connectivity index (χ4v) is 4.20. The van der Waals surface area contributed by atoms with E-state index in [1.54, 1.807) is 0 Å². The first kappa shape index (κ1) is 22.4. The van der Waals surface area contributed by atoms with Gasteiger partial charge in [0.25, 0.3) is 8.53 Å². The highest BCUT2D eigenvalue weighted by Gasteiger charge is 2.29. The molecule has 0 aliphatic heterocycles. The van der Waals surface area contributed by atoms with Gasteiger partial charge in [-0.3, -0.25) is 9.59 Å². The van der Waals surface area contributed by atoms with Gasteiger partial charge in [0.15, 0.2) is 10.2 Å². The zero-order valence-corrected chi connectivity index (χ0v) is 16.5. The molecule has 0 rings (SSSR count). The second-order valence-corrected chi connectivity index (χ2v) is 8.48. The van der Waals surface area contributed by atoms with Crippen molar-refractivity contribution in [2.24, 2.45) is 0 Å². The number of rotatable bonds is 11. The van der Waals surface area contributed by atoms with E-state index in [0.717, 1.165) is 0 Å². The molecule has 129 valence electrons. The summed E-state index contributed by atoms with van der Waals surface area (Å²) >= 11 is 4.98. The molecule has 0 fully saturated rings. The van der Waals surface area contributed by atoms with E-state index in [1.807, 2.05) is 0 Å². The van der Waals surface area contributed by atoms with Crippen LogP contribution in [0.25, 0.3) is 0 Å². The molecule has 0 aliphatic rings. The van der Waals surface area contributed by atoms with Crippen molar-refractivity contribution in [2.75, 3.05) is 12.4 Å². The van der Waals surface area contributed by atoms with Crippen LogP contribution in [0.3, 0.4) is 0 Å². The second-order valence-electron chi connectivity index (χ2n) is 5.30. The molecule has 1 radical (unpaired) electrons. The first-order valence-electron chi connectivity index (χ1n) is 7.21. The van der Waals surface area contributed by atoms with Crippen LogP contribution in [0.15, 0.2) is 0 Å². The third-order valence-electron chi connectivity index (χ3n) is 2.48. The lowest BCUT2D eigenvalue weighted by Crippen LogP contribution is -2.34. The number of thiol groups is 1. The number of hydrogen-bond acceptors (Lipinski definition) is 6. The normalized spacial score (nSPS) is 14.6. The molecule has 0 bridgehead atoms. The van der Waals surface area contributed by atoms with Crippen LogP contribution < -0.4 is 0 Å². The molecular weight excluding hydrogens is 341 g/mol. The van der Waals surface area contributed by atoms with Crippen molar-refractivity contribution in [1.82, 2.24) is 4.67 Å². The summed E-state index contributed by atoms with van der Waals surface area (Å²) in [7, 11) is -1.34. The largest absolute Gasteiger partial charge is 0.321 e. The number of carbonyl (C=O) groups is 2. The number of thioether (sulfide) groups is 1. The molecule has 0 aromatic carbocycles. The van der Waals surface area contributed by atoms with Crippen LogP contribution in [-0.2, 0) is 18.6 Å². The van der Waals surface area contributed by atoms with Crippen LogP contribution in [0.2, 0.25) is 0 Å². The molecular formula is C14H27NO4PS2. The van der Waals surface area contributed by atoms with Crippen LogP contribution in [0.4, 0.5) is 0 Å². The minimum Gasteiger partial charge on any atom is -0.321 e. The monoisotopic (exact) mass is 368 g/mol. The molecule has 2 atom stereocenters. The lowest BCUT2D eigenvalue weighted by Gasteiger charge is -2.36. The van der Waals surface area contributed by atoms with Gasteiger partial charge in [-0.1, -0.05) is 11.8 Å². The number of hydrogen-bond donors (Lipinski definition) is 1. The van der Waals surface area contributed by atoms with Crippen molar-refractivity contribution in [1.29, 1.82) is 0 Å². The summed E-state index contributed by atoms with van der Waals surface area (Å²) in [6.07, 6.45) is -0.367. The summed E-state index contributed by atoms with van der Waals surface area (Å²) in [6.45, 7) is 14.0. The smallest absolute Gasteiger partial charge is 0.259 e. The summed E-state index contributed by atoms with van der Waals surface area (Å²) in [5.74, 6) is 0.578. The van der Waals surface area contributed by atoms with Crippen LogP contribution in [-0.4, -0.2) is 45.4 Å². The fourth-order valence-electron chi connectivity index (χ4n) is 1.79. The molecule has 0 aromatic rings. The van der Waals surface area contributed by atoms with Crippen molar-refractivity contribution in [3.63, 3.8) is 0 Å². The fraction of sp³-hybridized carbons (Fsp3) is 0.786. The Balaban J connectivity index is 4.73. The zero-order valence-electron chi connectivity index (χ0n) is 13.9. The summed E-state index contributed by atoms with van der Waals surface area (Å²) in [5.41, 5.74) is 0. The predicted molar refractivity (Wildman–Crippen MR) is 97.0 cm³/mol. The maximum Gasteiger partial charge on any atom is 0.259 e. The Morgan fingerprint density at radius 2 is 1.82 bits per heavy atom. The van der Waals surface area contributed by atoms with Crippen molar-refractivity contribution < 1.29 is 18.6 Å². The Kier molecular flexibility index (Phi) is 12.0. The van der Waals surface area contributed by atoms with Crippen molar-refractivity contribution in [2.45, 2.75) is 59.2 Å². The minimum atomic E-state index is -1.34. The number of carbonyl (C=O) groups excluding carboxylic acids is 2. The van der Waals surface area contributed by atoms with Gasteiger partial charge in [0.05, 0.1) is 12.7 Å². The van der Waals surface area contributed by atoms with E-state index in [1.165, 1.54) is 18.7 Å². The molecule has 0 saturated carbocycles. The SMILES string of the molecule is [CH2]C(CC(=O)S)OP(OCCSC(C)=O)N(C(C)C)C(C)C. The third-order valence-corrected chi connectivity index (χ3v) is 5.62. The Labute approximate surface area is 145 Å². The summed E-state index contributed by atoms with van der Waals surface area (Å²) in [4.78, 5) is 22.0. The Morgan fingerprint density at radius 1 is 1.27 bits per heavy atom. The lowest BCUT2D eigenvalue weighted by atomic mass is 10.3. The van der Waals surface area contributed by atoms with Gasteiger partial charge in [0.2, 0.25) is 0 Å². The lowest BCUT2D eigenvalue weighted by molar-refractivity contribution is -0.112. The van der Waals surface area contributed by atoms with Crippen LogP contribution in [0, 0.1) is 6.92 Å². The maximum absolute atomic E-state index is 11.1. The number of nitrogens with zero attached hydrogens (tertiary/aromatic N) is 1. The van der Waals surface area contributed by atoms with Crippen molar-refractivity contribution in [3.05, 3.63) is 6.92 Å². The molecule has 0 saturated heterocycles. The van der Waals surface area contributed by atoms with Gasteiger partial charge in [-0.2, -0.15) is 0 Å². The predicted octanol–water partition coefficient (Wildman–Crippen LogP) is 3.69. The van der Waals surface area contributed by atoms with E-state index in [9.17, 15) is 9.59 Å². The highest BCUT2D eigenvalue weighted by atomic mass is 32.2. The Morgan fingerprint density at radius 3 is 2.23 bits per heavy atom. The molecule has 2 unspecified atom stereocenters. The highest BCUT2D eigenvalue weighted by molar-refractivity contribution is 8.13. The van der Waals surface area contributed by atoms with Crippen molar-refractivity contribution >= 4 is 43.1 Å².